The van der Waals surface area contributed by atoms with Crippen molar-refractivity contribution in [1.29, 1.82) is 0 Å². The van der Waals surface area contributed by atoms with E-state index >= 15 is 0 Å². The largest absolute Gasteiger partial charge is 0.322 e. The zero-order valence-corrected chi connectivity index (χ0v) is 11.6. The summed E-state index contributed by atoms with van der Waals surface area (Å²) in [7, 11) is 0. The van der Waals surface area contributed by atoms with Gasteiger partial charge in [-0.2, -0.15) is 0 Å². The van der Waals surface area contributed by atoms with Gasteiger partial charge in [-0.3, -0.25) is 9.78 Å². The minimum atomic E-state index is -0.237. The fourth-order valence-corrected chi connectivity index (χ4v) is 2.07. The third-order valence-electron chi connectivity index (χ3n) is 2.10. The molecule has 1 heterocycles. The highest BCUT2D eigenvalue weighted by molar-refractivity contribution is 14.1. The van der Waals surface area contributed by atoms with E-state index < -0.39 is 0 Å². The summed E-state index contributed by atoms with van der Waals surface area (Å²) in [6.07, 6.45) is 2.99. The number of aromatic nitrogens is 1. The first-order valence-electron chi connectivity index (χ1n) is 4.83. The SMILES string of the molecule is O=C(Nc1cccc(I)c1)c1ccncc1Cl. The molecule has 0 saturated heterocycles. The topological polar surface area (TPSA) is 42.0 Å². The Bertz CT molecular complexity index is 560. The number of nitrogens with one attached hydrogen (secondary N) is 1. The smallest absolute Gasteiger partial charge is 0.257 e. The van der Waals surface area contributed by atoms with E-state index in [4.69, 9.17) is 11.6 Å². The van der Waals surface area contributed by atoms with Crippen LogP contribution in [0.1, 0.15) is 10.4 Å². The van der Waals surface area contributed by atoms with E-state index in [9.17, 15) is 4.79 Å². The first-order chi connectivity index (χ1) is 8.16. The number of halogens is 2. The monoisotopic (exact) mass is 358 g/mol. The van der Waals surface area contributed by atoms with Gasteiger partial charge < -0.3 is 5.32 Å². The molecule has 0 fully saturated rings. The molecule has 2 aromatic rings. The average Bonchev–Trinajstić information content (AvgIpc) is 2.29. The van der Waals surface area contributed by atoms with Crippen molar-refractivity contribution in [3.63, 3.8) is 0 Å². The second kappa shape index (κ2) is 5.46. The van der Waals surface area contributed by atoms with E-state index in [-0.39, 0.29) is 5.91 Å². The van der Waals surface area contributed by atoms with Crippen LogP contribution < -0.4 is 5.32 Å². The van der Waals surface area contributed by atoms with Gasteiger partial charge >= 0.3 is 0 Å². The first-order valence-corrected chi connectivity index (χ1v) is 6.29. The number of anilines is 1. The maximum absolute atomic E-state index is 11.9. The van der Waals surface area contributed by atoms with Crippen molar-refractivity contribution >= 4 is 45.8 Å². The maximum atomic E-state index is 11.9. The van der Waals surface area contributed by atoms with E-state index in [1.807, 2.05) is 24.3 Å². The molecule has 3 nitrogen and oxygen atoms in total. The van der Waals surface area contributed by atoms with Crippen LogP contribution in [0, 0.1) is 3.57 Å². The Morgan fingerprint density at radius 1 is 1.35 bits per heavy atom. The van der Waals surface area contributed by atoms with Gasteiger partial charge in [0.2, 0.25) is 0 Å². The molecule has 0 saturated carbocycles. The van der Waals surface area contributed by atoms with Crippen LogP contribution in [0.5, 0.6) is 0 Å². The van der Waals surface area contributed by atoms with Gasteiger partial charge in [0, 0.05) is 21.7 Å². The molecular formula is C12H8ClIN2O. The summed E-state index contributed by atoms with van der Waals surface area (Å²) in [5, 5.41) is 3.13. The summed E-state index contributed by atoms with van der Waals surface area (Å²) in [4.78, 5) is 15.8. The molecule has 5 heteroatoms. The molecule has 1 aromatic heterocycles. The second-order valence-electron chi connectivity index (χ2n) is 3.32. The van der Waals surface area contributed by atoms with Crippen molar-refractivity contribution in [3.05, 3.63) is 56.9 Å². The predicted molar refractivity (Wildman–Crippen MR) is 76.4 cm³/mol. The molecule has 0 radical (unpaired) electrons. The Kier molecular flexibility index (Phi) is 3.96. The fraction of sp³-hybridized carbons (Fsp3) is 0. The van der Waals surface area contributed by atoms with Crippen molar-refractivity contribution in [3.8, 4) is 0 Å². The van der Waals surface area contributed by atoms with Crippen LogP contribution >= 0.6 is 34.2 Å². The lowest BCUT2D eigenvalue weighted by atomic mass is 10.2. The van der Waals surface area contributed by atoms with E-state index in [1.165, 1.54) is 12.4 Å². The van der Waals surface area contributed by atoms with Crippen molar-refractivity contribution in [2.75, 3.05) is 5.32 Å². The number of carbonyl (C=O) groups excluding carboxylic acids is 1. The molecule has 0 unspecified atom stereocenters. The summed E-state index contributed by atoms with van der Waals surface area (Å²) in [5.74, 6) is -0.237. The van der Waals surface area contributed by atoms with E-state index in [2.05, 4.69) is 32.9 Å². The second-order valence-corrected chi connectivity index (χ2v) is 4.97. The summed E-state index contributed by atoms with van der Waals surface area (Å²) in [6, 6.07) is 9.13. The molecule has 0 spiro atoms. The lowest BCUT2D eigenvalue weighted by molar-refractivity contribution is 0.102. The number of pyridine rings is 1. The van der Waals surface area contributed by atoms with Gasteiger partial charge in [0.15, 0.2) is 0 Å². The van der Waals surface area contributed by atoms with Crippen molar-refractivity contribution in [2.45, 2.75) is 0 Å². The quantitative estimate of drug-likeness (QED) is 0.834. The summed E-state index contributed by atoms with van der Waals surface area (Å²) in [5.41, 5.74) is 1.16. The number of rotatable bonds is 2. The molecule has 86 valence electrons. The van der Waals surface area contributed by atoms with Crippen LogP contribution in [-0.4, -0.2) is 10.9 Å². The van der Waals surface area contributed by atoms with Crippen LogP contribution in [0.4, 0.5) is 5.69 Å². The molecular weight excluding hydrogens is 351 g/mol. The van der Waals surface area contributed by atoms with E-state index in [0.717, 1.165) is 9.26 Å². The molecule has 1 N–H and O–H groups in total. The Morgan fingerprint density at radius 2 is 2.18 bits per heavy atom. The minimum Gasteiger partial charge on any atom is -0.322 e. The minimum absolute atomic E-state index is 0.237. The van der Waals surface area contributed by atoms with Crippen LogP contribution in [0.3, 0.4) is 0 Å². The molecule has 17 heavy (non-hydrogen) atoms. The number of hydrogen-bond donors (Lipinski definition) is 1. The fourth-order valence-electron chi connectivity index (χ4n) is 1.32. The predicted octanol–water partition coefficient (Wildman–Crippen LogP) is 3.59. The Hall–Kier alpha value is -1.14. The molecule has 1 amide bonds. The first kappa shape index (κ1) is 12.3. The van der Waals surface area contributed by atoms with Crippen LogP contribution in [0.15, 0.2) is 42.7 Å². The zero-order chi connectivity index (χ0) is 12.3. The highest BCUT2D eigenvalue weighted by Gasteiger charge is 2.09. The number of nitrogens with zero attached hydrogens (tertiary/aromatic N) is 1. The van der Waals surface area contributed by atoms with Crippen molar-refractivity contribution in [2.24, 2.45) is 0 Å². The van der Waals surface area contributed by atoms with Gasteiger partial charge in [0.05, 0.1) is 10.6 Å². The Balaban J connectivity index is 2.20. The third kappa shape index (κ3) is 3.17. The number of hydrogen-bond acceptors (Lipinski definition) is 2. The molecule has 0 bridgehead atoms. The zero-order valence-electron chi connectivity index (χ0n) is 8.65. The lowest BCUT2D eigenvalue weighted by Gasteiger charge is -2.06. The maximum Gasteiger partial charge on any atom is 0.257 e. The highest BCUT2D eigenvalue weighted by Crippen LogP contribution is 2.17. The number of benzene rings is 1. The molecule has 2 rings (SSSR count). The van der Waals surface area contributed by atoms with Gasteiger partial charge in [0.1, 0.15) is 0 Å². The molecule has 0 aliphatic rings. The van der Waals surface area contributed by atoms with Crippen LogP contribution in [0.2, 0.25) is 5.02 Å². The van der Waals surface area contributed by atoms with Crippen molar-refractivity contribution in [1.82, 2.24) is 4.98 Å². The van der Waals surface area contributed by atoms with Gasteiger partial charge in [-0.25, -0.2) is 0 Å². The lowest BCUT2D eigenvalue weighted by Crippen LogP contribution is -2.12. The average molecular weight is 359 g/mol. The van der Waals surface area contributed by atoms with E-state index in [1.54, 1.807) is 6.07 Å². The Labute approximate surface area is 117 Å². The summed E-state index contributed by atoms with van der Waals surface area (Å²) >= 11 is 8.08. The van der Waals surface area contributed by atoms with Crippen LogP contribution in [0.25, 0.3) is 0 Å². The molecule has 0 aliphatic carbocycles. The van der Waals surface area contributed by atoms with E-state index in [0.29, 0.717) is 10.6 Å². The standard InChI is InChI=1S/C12H8ClIN2O/c13-11-7-15-5-4-10(11)12(17)16-9-3-1-2-8(14)6-9/h1-7H,(H,16,17). The van der Waals surface area contributed by atoms with Gasteiger partial charge in [-0.15, -0.1) is 0 Å². The molecule has 0 aliphatic heterocycles. The molecule has 0 atom stereocenters. The third-order valence-corrected chi connectivity index (χ3v) is 3.07. The molecule has 1 aromatic carbocycles. The highest BCUT2D eigenvalue weighted by atomic mass is 127. The summed E-state index contributed by atoms with van der Waals surface area (Å²) in [6.45, 7) is 0. The normalized spacial score (nSPS) is 10.0. The summed E-state index contributed by atoms with van der Waals surface area (Å²) < 4.78 is 1.06. The van der Waals surface area contributed by atoms with Gasteiger partial charge in [0.25, 0.3) is 5.91 Å². The Morgan fingerprint density at radius 3 is 2.88 bits per heavy atom. The van der Waals surface area contributed by atoms with Gasteiger partial charge in [-0.1, -0.05) is 17.7 Å². The van der Waals surface area contributed by atoms with Crippen molar-refractivity contribution < 1.29 is 4.79 Å². The number of amides is 1. The van der Waals surface area contributed by atoms with Gasteiger partial charge in [-0.05, 0) is 46.9 Å². The van der Waals surface area contributed by atoms with Crippen LogP contribution in [-0.2, 0) is 0 Å². The number of carbonyl (C=O) groups is 1.